The fraction of sp³-hybridized carbons (Fsp3) is 0.0909. The zero-order valence-electron chi connectivity index (χ0n) is 8.14. The number of anilines is 1. The second-order valence-electron chi connectivity index (χ2n) is 3.21. The van der Waals surface area contributed by atoms with Crippen LogP contribution in [0.4, 0.5) is 5.69 Å². The summed E-state index contributed by atoms with van der Waals surface area (Å²) in [4.78, 5) is 1.31. The van der Waals surface area contributed by atoms with Crippen LogP contribution in [-0.4, -0.2) is 0 Å². The molecule has 0 aliphatic heterocycles. The maximum absolute atomic E-state index is 3.53. The molecule has 0 radical (unpaired) electrons. The maximum Gasteiger partial charge on any atom is 0.0494 e. The lowest BCUT2D eigenvalue weighted by Crippen LogP contribution is -1.97. The van der Waals surface area contributed by atoms with Gasteiger partial charge in [-0.1, -0.05) is 15.9 Å². The third-order valence-electron chi connectivity index (χ3n) is 2.01. The van der Waals surface area contributed by atoms with Crippen LogP contribution in [-0.2, 0) is 6.54 Å². The Morgan fingerprint density at radius 1 is 1.06 bits per heavy atom. The van der Waals surface area contributed by atoms with Crippen molar-refractivity contribution in [3.05, 3.63) is 47.9 Å². The summed E-state index contributed by atoms with van der Waals surface area (Å²) in [5.41, 5.74) is 1.10. The number of benzene rings is 1. The van der Waals surface area contributed by atoms with Crippen LogP contribution in [0.3, 0.4) is 0 Å². The lowest BCUT2D eigenvalue weighted by atomic mass is 10.3. The van der Waals surface area contributed by atoms with Crippen molar-refractivity contribution >= 4 is 64.8 Å². The molecule has 0 bridgehead atoms. The lowest BCUT2D eigenvalue weighted by Gasteiger charge is -2.07. The molecule has 5 heteroatoms. The largest absolute Gasteiger partial charge is 0.379 e. The fourth-order valence-electron chi connectivity index (χ4n) is 1.26. The Bertz CT molecular complexity index is 496. The van der Waals surface area contributed by atoms with Gasteiger partial charge in [-0.15, -0.1) is 11.3 Å². The van der Waals surface area contributed by atoms with Gasteiger partial charge in [-0.3, -0.25) is 0 Å². The molecule has 0 aliphatic carbocycles. The van der Waals surface area contributed by atoms with Gasteiger partial charge in [0.05, 0.1) is 0 Å². The molecule has 1 N–H and O–H groups in total. The Labute approximate surface area is 124 Å². The highest BCUT2D eigenvalue weighted by Gasteiger charge is 2.01. The van der Waals surface area contributed by atoms with Gasteiger partial charge in [-0.25, -0.2) is 0 Å². The molecule has 1 nitrogen and oxygen atoms in total. The number of hydrogen-bond donors (Lipinski definition) is 1. The molecule has 0 saturated carbocycles. The second kappa shape index (κ2) is 5.67. The molecule has 1 aromatic carbocycles. The summed E-state index contributed by atoms with van der Waals surface area (Å²) >= 11 is 12.2. The van der Waals surface area contributed by atoms with E-state index in [9.17, 15) is 0 Å². The van der Waals surface area contributed by atoms with Gasteiger partial charge in [0.15, 0.2) is 0 Å². The number of thiophene rings is 1. The number of hydrogen-bond acceptors (Lipinski definition) is 2. The van der Waals surface area contributed by atoms with E-state index in [1.54, 1.807) is 11.3 Å². The van der Waals surface area contributed by atoms with Gasteiger partial charge < -0.3 is 5.32 Å². The quantitative estimate of drug-likeness (QED) is 0.670. The minimum absolute atomic E-state index is 0.844. The van der Waals surface area contributed by atoms with Crippen LogP contribution >= 0.6 is 59.1 Å². The summed E-state index contributed by atoms with van der Waals surface area (Å²) in [6.07, 6.45) is 0. The summed E-state index contributed by atoms with van der Waals surface area (Å²) in [5.74, 6) is 0. The van der Waals surface area contributed by atoms with Crippen molar-refractivity contribution in [1.29, 1.82) is 0 Å². The Morgan fingerprint density at radius 2 is 1.88 bits per heavy atom. The predicted octanol–water partition coefficient (Wildman–Crippen LogP) is 5.65. The normalized spacial score (nSPS) is 10.4. The van der Waals surface area contributed by atoms with Crippen molar-refractivity contribution in [3.8, 4) is 0 Å². The molecular weight excluding hydrogens is 418 g/mol. The molecule has 0 spiro atoms. The Balaban J connectivity index is 2.04. The minimum atomic E-state index is 0.844. The summed E-state index contributed by atoms with van der Waals surface area (Å²) in [6, 6.07) is 8.24. The molecule has 2 rings (SSSR count). The first-order valence-corrected chi connectivity index (χ1v) is 7.83. The van der Waals surface area contributed by atoms with E-state index in [4.69, 9.17) is 0 Å². The van der Waals surface area contributed by atoms with E-state index in [-0.39, 0.29) is 0 Å². The number of nitrogens with one attached hydrogen (secondary N) is 1. The van der Waals surface area contributed by atoms with E-state index in [1.165, 1.54) is 4.88 Å². The SMILES string of the molecule is Brc1csc(CNc2ccc(Br)cc2Br)c1. The Morgan fingerprint density at radius 3 is 2.50 bits per heavy atom. The maximum atomic E-state index is 3.53. The van der Waals surface area contributed by atoms with Crippen LogP contribution in [0.15, 0.2) is 43.1 Å². The molecule has 1 heterocycles. The number of halogens is 3. The molecule has 16 heavy (non-hydrogen) atoms. The summed E-state index contributed by atoms with van der Waals surface area (Å²) < 4.78 is 3.28. The highest BCUT2D eigenvalue weighted by atomic mass is 79.9. The van der Waals surface area contributed by atoms with E-state index < -0.39 is 0 Å². The fourth-order valence-corrected chi connectivity index (χ4v) is 3.84. The van der Waals surface area contributed by atoms with E-state index in [0.717, 1.165) is 25.7 Å². The number of rotatable bonds is 3. The Hall–Kier alpha value is 0.160. The van der Waals surface area contributed by atoms with Crippen LogP contribution in [0.2, 0.25) is 0 Å². The van der Waals surface area contributed by atoms with Gasteiger partial charge in [0.2, 0.25) is 0 Å². The standard InChI is InChI=1S/C11H8Br3NS/c12-7-1-2-11(10(14)4-7)15-5-9-3-8(13)6-16-9/h1-4,6,15H,5H2. The summed E-state index contributed by atoms with van der Waals surface area (Å²) in [5, 5.41) is 5.48. The highest BCUT2D eigenvalue weighted by Crippen LogP contribution is 2.27. The molecule has 0 fully saturated rings. The molecule has 0 amide bonds. The molecule has 0 unspecified atom stereocenters. The van der Waals surface area contributed by atoms with Crippen molar-refractivity contribution in [3.63, 3.8) is 0 Å². The molecule has 2 aromatic rings. The van der Waals surface area contributed by atoms with Crippen molar-refractivity contribution in [2.75, 3.05) is 5.32 Å². The predicted molar refractivity (Wildman–Crippen MR) is 81.2 cm³/mol. The molecule has 0 atom stereocenters. The van der Waals surface area contributed by atoms with Gasteiger partial charge in [0.1, 0.15) is 0 Å². The van der Waals surface area contributed by atoms with Crippen molar-refractivity contribution in [1.82, 2.24) is 0 Å². The van der Waals surface area contributed by atoms with Crippen LogP contribution in [0.5, 0.6) is 0 Å². The van der Waals surface area contributed by atoms with Gasteiger partial charge in [-0.2, -0.15) is 0 Å². The third-order valence-corrected chi connectivity index (χ3v) is 4.85. The topological polar surface area (TPSA) is 12.0 Å². The van der Waals surface area contributed by atoms with Gasteiger partial charge in [0, 0.05) is 35.9 Å². The second-order valence-corrected chi connectivity index (χ2v) is 6.89. The van der Waals surface area contributed by atoms with Crippen molar-refractivity contribution in [2.45, 2.75) is 6.54 Å². The average Bonchev–Trinajstić information content (AvgIpc) is 2.63. The van der Waals surface area contributed by atoms with Crippen molar-refractivity contribution < 1.29 is 0 Å². The Kier molecular flexibility index (Phi) is 4.47. The third kappa shape index (κ3) is 3.32. The summed E-state index contributed by atoms with van der Waals surface area (Å²) in [7, 11) is 0. The first-order chi connectivity index (χ1) is 7.65. The monoisotopic (exact) mass is 423 g/mol. The molecule has 84 valence electrons. The van der Waals surface area contributed by atoms with Crippen molar-refractivity contribution in [2.24, 2.45) is 0 Å². The average molecular weight is 426 g/mol. The molecule has 0 aliphatic rings. The molecule has 0 saturated heterocycles. The zero-order chi connectivity index (χ0) is 11.5. The summed E-state index contributed by atoms with van der Waals surface area (Å²) in [6.45, 7) is 0.844. The zero-order valence-corrected chi connectivity index (χ0v) is 13.7. The smallest absolute Gasteiger partial charge is 0.0494 e. The van der Waals surface area contributed by atoms with E-state index in [1.807, 2.05) is 12.1 Å². The lowest BCUT2D eigenvalue weighted by molar-refractivity contribution is 1.19. The van der Waals surface area contributed by atoms with Crippen LogP contribution < -0.4 is 5.32 Å². The first-order valence-electron chi connectivity index (χ1n) is 4.57. The molecule has 1 aromatic heterocycles. The highest BCUT2D eigenvalue weighted by molar-refractivity contribution is 9.11. The van der Waals surface area contributed by atoms with Gasteiger partial charge >= 0.3 is 0 Å². The van der Waals surface area contributed by atoms with Crippen LogP contribution in [0.25, 0.3) is 0 Å². The minimum Gasteiger partial charge on any atom is -0.379 e. The van der Waals surface area contributed by atoms with E-state index in [2.05, 4.69) is 70.6 Å². The van der Waals surface area contributed by atoms with Gasteiger partial charge in [0.25, 0.3) is 0 Å². The molecular formula is C11H8Br3NS. The van der Waals surface area contributed by atoms with Crippen LogP contribution in [0.1, 0.15) is 4.88 Å². The van der Waals surface area contributed by atoms with Gasteiger partial charge in [-0.05, 0) is 56.1 Å². The first kappa shape index (κ1) is 12.6. The van der Waals surface area contributed by atoms with Crippen LogP contribution in [0, 0.1) is 0 Å². The van der Waals surface area contributed by atoms with E-state index in [0.29, 0.717) is 0 Å². The van der Waals surface area contributed by atoms with E-state index >= 15 is 0 Å².